The molecule has 0 radical (unpaired) electrons. The molecule has 1 N–H and O–H groups in total. The van der Waals surface area contributed by atoms with Crippen LogP contribution < -0.4 is 14.8 Å². The van der Waals surface area contributed by atoms with Crippen molar-refractivity contribution >= 4 is 11.5 Å². The van der Waals surface area contributed by atoms with E-state index in [0.717, 1.165) is 41.3 Å². The molecule has 1 aliphatic heterocycles. The minimum absolute atomic E-state index is 0.0358. The summed E-state index contributed by atoms with van der Waals surface area (Å²) in [6, 6.07) is 15.7. The molecule has 2 aromatic carbocycles. The lowest BCUT2D eigenvalue weighted by molar-refractivity contribution is 0.101. The van der Waals surface area contributed by atoms with Crippen molar-refractivity contribution in [3.8, 4) is 22.6 Å². The van der Waals surface area contributed by atoms with Crippen molar-refractivity contribution < 1.29 is 14.3 Å². The Morgan fingerprint density at radius 3 is 2.83 bits per heavy atom. The van der Waals surface area contributed by atoms with Gasteiger partial charge in [0.15, 0.2) is 5.78 Å². The van der Waals surface area contributed by atoms with Crippen molar-refractivity contribution in [1.29, 1.82) is 0 Å². The molecule has 1 aromatic heterocycles. The molecule has 0 saturated carbocycles. The normalized spacial score (nSPS) is 13.0. The fourth-order valence-corrected chi connectivity index (χ4v) is 3.72. The Morgan fingerprint density at radius 1 is 1.10 bits per heavy atom. The zero-order chi connectivity index (χ0) is 20.9. The maximum Gasteiger partial charge on any atom is 0.159 e. The largest absolute Gasteiger partial charge is 0.497 e. The topological polar surface area (TPSA) is 60.5 Å². The van der Waals surface area contributed by atoms with Crippen LogP contribution in [0.3, 0.4) is 0 Å². The van der Waals surface area contributed by atoms with E-state index in [1.54, 1.807) is 26.3 Å². The molecule has 5 nitrogen and oxygen atoms in total. The molecule has 0 bridgehead atoms. The van der Waals surface area contributed by atoms with Crippen LogP contribution >= 0.6 is 0 Å². The molecule has 5 heteroatoms. The van der Waals surface area contributed by atoms with E-state index in [-0.39, 0.29) is 5.78 Å². The highest BCUT2D eigenvalue weighted by Crippen LogP contribution is 2.35. The van der Waals surface area contributed by atoms with Crippen molar-refractivity contribution in [2.75, 3.05) is 19.0 Å². The van der Waals surface area contributed by atoms with Gasteiger partial charge in [0, 0.05) is 35.6 Å². The molecule has 0 atom stereocenters. The second kappa shape index (κ2) is 8.99. The number of nitrogens with zero attached hydrogens (tertiary/aromatic N) is 1. The van der Waals surface area contributed by atoms with Gasteiger partial charge in [-0.25, -0.2) is 0 Å². The van der Waals surface area contributed by atoms with E-state index in [0.29, 0.717) is 12.2 Å². The smallest absolute Gasteiger partial charge is 0.159 e. The Labute approximate surface area is 177 Å². The maximum atomic E-state index is 12.0. The first kappa shape index (κ1) is 20.0. The minimum Gasteiger partial charge on any atom is -0.497 e. The van der Waals surface area contributed by atoms with Gasteiger partial charge in [0.25, 0.3) is 0 Å². The second-order valence-corrected chi connectivity index (χ2v) is 7.50. The van der Waals surface area contributed by atoms with Crippen molar-refractivity contribution in [3.05, 3.63) is 71.5 Å². The number of carbonyl (C=O) groups excluding carboxylic acids is 1. The molecular formula is C25H26N2O3. The second-order valence-electron chi connectivity index (χ2n) is 7.50. The molecule has 0 spiro atoms. The number of anilines is 1. The number of benzene rings is 2. The average molecular weight is 402 g/mol. The summed E-state index contributed by atoms with van der Waals surface area (Å²) in [5.41, 5.74) is 5.92. The molecule has 0 saturated heterocycles. The Bertz CT molecular complexity index is 1060. The minimum atomic E-state index is 0.0358. The third kappa shape index (κ3) is 4.46. The third-order valence-electron chi connectivity index (χ3n) is 5.39. The molecule has 4 rings (SSSR count). The number of hydrogen-bond acceptors (Lipinski definition) is 5. The number of fused-ring (bicyclic) bond motifs is 1. The zero-order valence-electron chi connectivity index (χ0n) is 17.4. The van der Waals surface area contributed by atoms with Gasteiger partial charge in [0.1, 0.15) is 18.1 Å². The summed E-state index contributed by atoms with van der Waals surface area (Å²) in [5, 5.41) is 3.50. The summed E-state index contributed by atoms with van der Waals surface area (Å²) >= 11 is 0. The van der Waals surface area contributed by atoms with Gasteiger partial charge in [-0.05, 0) is 73.7 Å². The number of methoxy groups -OCH3 is 1. The number of carbonyl (C=O) groups is 1. The Balaban J connectivity index is 1.67. The average Bonchev–Trinajstić information content (AvgIpc) is 3.02. The Hall–Kier alpha value is -3.34. The lowest BCUT2D eigenvalue weighted by atomic mass is 9.97. The third-order valence-corrected chi connectivity index (χ3v) is 5.39. The fraction of sp³-hybridized carbons (Fsp3) is 0.280. The zero-order valence-corrected chi connectivity index (χ0v) is 17.4. The van der Waals surface area contributed by atoms with Gasteiger partial charge < -0.3 is 14.8 Å². The summed E-state index contributed by atoms with van der Waals surface area (Å²) in [4.78, 5) is 16.3. The van der Waals surface area contributed by atoms with Crippen LogP contribution in [0.4, 0.5) is 5.69 Å². The highest BCUT2D eigenvalue weighted by molar-refractivity contribution is 5.96. The van der Waals surface area contributed by atoms with E-state index in [9.17, 15) is 4.79 Å². The number of aryl methyl sites for hydroxylation is 1. The van der Waals surface area contributed by atoms with Gasteiger partial charge in [-0.15, -0.1) is 0 Å². The van der Waals surface area contributed by atoms with E-state index in [1.807, 2.05) is 24.3 Å². The number of rotatable bonds is 6. The van der Waals surface area contributed by atoms with Crippen LogP contribution in [0.15, 0.2) is 54.7 Å². The quantitative estimate of drug-likeness (QED) is 0.568. The molecule has 1 aliphatic rings. The van der Waals surface area contributed by atoms with Crippen LogP contribution in [0.25, 0.3) is 11.1 Å². The summed E-state index contributed by atoms with van der Waals surface area (Å²) in [5.74, 6) is 1.51. The molecular weight excluding hydrogens is 376 g/mol. The van der Waals surface area contributed by atoms with Crippen LogP contribution in [0, 0.1) is 0 Å². The summed E-state index contributed by atoms with van der Waals surface area (Å²) in [7, 11) is 1.63. The van der Waals surface area contributed by atoms with Crippen LogP contribution in [-0.4, -0.2) is 24.4 Å². The van der Waals surface area contributed by atoms with E-state index in [2.05, 4.69) is 28.5 Å². The first-order valence-corrected chi connectivity index (χ1v) is 10.3. The molecule has 0 aliphatic carbocycles. The van der Waals surface area contributed by atoms with Gasteiger partial charge in [0.05, 0.1) is 12.8 Å². The predicted octanol–water partition coefficient (Wildman–Crippen LogP) is 5.29. The molecule has 30 heavy (non-hydrogen) atoms. The van der Waals surface area contributed by atoms with Gasteiger partial charge in [-0.2, -0.15) is 0 Å². The molecule has 0 unspecified atom stereocenters. The van der Waals surface area contributed by atoms with Crippen molar-refractivity contribution in [3.63, 3.8) is 0 Å². The number of pyridine rings is 1. The van der Waals surface area contributed by atoms with E-state index >= 15 is 0 Å². The molecule has 0 amide bonds. The number of aromatic nitrogens is 1. The van der Waals surface area contributed by atoms with Crippen molar-refractivity contribution in [2.45, 2.75) is 32.8 Å². The van der Waals surface area contributed by atoms with Gasteiger partial charge in [-0.3, -0.25) is 9.78 Å². The van der Waals surface area contributed by atoms with E-state index < -0.39 is 0 Å². The summed E-state index contributed by atoms with van der Waals surface area (Å²) < 4.78 is 11.4. The van der Waals surface area contributed by atoms with Gasteiger partial charge in [-0.1, -0.05) is 6.07 Å². The first-order valence-electron chi connectivity index (χ1n) is 10.3. The van der Waals surface area contributed by atoms with Crippen LogP contribution in [-0.2, 0) is 13.0 Å². The van der Waals surface area contributed by atoms with Crippen molar-refractivity contribution in [2.24, 2.45) is 0 Å². The highest BCUT2D eigenvalue weighted by Gasteiger charge is 2.14. The SMILES string of the molecule is COc1ccnc(COc2ccc(C(C)=O)cc2-c2ccc3c(c2)CCCCN3)c1. The first-order chi connectivity index (χ1) is 14.6. The number of ketones is 1. The molecule has 3 aromatic rings. The van der Waals surface area contributed by atoms with Gasteiger partial charge >= 0.3 is 0 Å². The Kier molecular flexibility index (Phi) is 5.98. The van der Waals surface area contributed by atoms with Crippen molar-refractivity contribution in [1.82, 2.24) is 4.98 Å². The lowest BCUT2D eigenvalue weighted by Crippen LogP contribution is -2.02. The maximum absolute atomic E-state index is 12.0. The highest BCUT2D eigenvalue weighted by atomic mass is 16.5. The van der Waals surface area contributed by atoms with E-state index in [4.69, 9.17) is 9.47 Å². The van der Waals surface area contributed by atoms with Gasteiger partial charge in [0.2, 0.25) is 0 Å². The summed E-state index contributed by atoms with van der Waals surface area (Å²) in [6.45, 7) is 2.91. The fourth-order valence-electron chi connectivity index (χ4n) is 3.72. The Morgan fingerprint density at radius 2 is 2.00 bits per heavy atom. The molecule has 154 valence electrons. The number of hydrogen-bond donors (Lipinski definition) is 1. The van der Waals surface area contributed by atoms with Crippen LogP contribution in [0.2, 0.25) is 0 Å². The predicted molar refractivity (Wildman–Crippen MR) is 118 cm³/mol. The van der Waals surface area contributed by atoms with Crippen LogP contribution in [0.1, 0.15) is 41.4 Å². The number of Topliss-reactive ketones (excluding diaryl/α,β-unsaturated/α-hetero) is 1. The van der Waals surface area contributed by atoms with Crippen LogP contribution in [0.5, 0.6) is 11.5 Å². The number of ether oxygens (including phenoxy) is 2. The molecule has 2 heterocycles. The standard InChI is InChI=1S/C25H26N2O3/c1-17(28)18-7-9-25(30-16-21-15-22(29-2)10-12-26-21)23(14-18)19-6-8-24-20(13-19)5-3-4-11-27-24/h6-10,12-15,27H,3-5,11,16H2,1-2H3. The number of nitrogens with one attached hydrogen (secondary N) is 1. The summed E-state index contributed by atoms with van der Waals surface area (Å²) in [6.07, 6.45) is 5.09. The lowest BCUT2D eigenvalue weighted by Gasteiger charge is -2.15. The molecule has 0 fully saturated rings. The monoisotopic (exact) mass is 402 g/mol. The van der Waals surface area contributed by atoms with E-state index in [1.165, 1.54) is 24.1 Å².